The van der Waals surface area contributed by atoms with Gasteiger partial charge in [0, 0.05) is 25.8 Å². The number of ether oxygens (including phenoxy) is 3. The molecule has 9 heteroatoms. The number of hydrogen-bond donors (Lipinski definition) is 0. The minimum atomic E-state index is -0.148. The molecule has 0 saturated carbocycles. The molecule has 6 rings (SSSR count). The van der Waals surface area contributed by atoms with E-state index < -0.39 is 0 Å². The van der Waals surface area contributed by atoms with Gasteiger partial charge in [-0.3, -0.25) is 13.9 Å². The molecule has 0 N–H and O–H groups in total. The van der Waals surface area contributed by atoms with Gasteiger partial charge >= 0.3 is 0 Å². The maximum atomic E-state index is 13.5. The Bertz CT molecular complexity index is 1570. The van der Waals surface area contributed by atoms with Crippen LogP contribution < -0.4 is 15.0 Å². The van der Waals surface area contributed by atoms with Gasteiger partial charge in [-0.05, 0) is 37.6 Å². The first-order valence-electron chi connectivity index (χ1n) is 10.9. The van der Waals surface area contributed by atoms with E-state index in [9.17, 15) is 4.79 Å². The minimum absolute atomic E-state index is 0.148. The van der Waals surface area contributed by atoms with Crippen LogP contribution in [-0.2, 0) is 11.3 Å². The molecular formula is C24H21N5O4. The van der Waals surface area contributed by atoms with E-state index in [2.05, 4.69) is 4.98 Å². The van der Waals surface area contributed by atoms with Gasteiger partial charge in [0.1, 0.15) is 10.9 Å². The summed E-state index contributed by atoms with van der Waals surface area (Å²) in [4.78, 5) is 27.9. The number of hydrogen-bond acceptors (Lipinski definition) is 7. The number of fused-ring (bicyclic) bond motifs is 5. The molecule has 0 atom stereocenters. The number of aromatic nitrogens is 5. The molecule has 4 heterocycles. The first-order chi connectivity index (χ1) is 16.2. The molecule has 2 aromatic carbocycles. The molecule has 0 saturated heterocycles. The van der Waals surface area contributed by atoms with Crippen molar-refractivity contribution in [3.8, 4) is 17.2 Å². The van der Waals surface area contributed by atoms with Crippen molar-refractivity contribution in [2.45, 2.75) is 19.9 Å². The Morgan fingerprint density at radius 3 is 2.70 bits per heavy atom. The van der Waals surface area contributed by atoms with Crippen LogP contribution in [0.5, 0.6) is 11.5 Å². The molecule has 0 amide bonds. The van der Waals surface area contributed by atoms with Gasteiger partial charge in [-0.25, -0.2) is 15.0 Å². The summed E-state index contributed by atoms with van der Waals surface area (Å²) in [7, 11) is 0. The van der Waals surface area contributed by atoms with Gasteiger partial charge < -0.3 is 14.2 Å². The number of para-hydroxylation sites is 2. The Hall–Kier alpha value is -3.98. The molecule has 0 radical (unpaired) electrons. The van der Waals surface area contributed by atoms with Crippen LogP contribution in [0.15, 0.2) is 53.6 Å². The van der Waals surface area contributed by atoms with Crippen molar-refractivity contribution in [3.05, 3.63) is 59.1 Å². The highest BCUT2D eigenvalue weighted by molar-refractivity contribution is 6.05. The fourth-order valence-electron chi connectivity index (χ4n) is 4.18. The van der Waals surface area contributed by atoms with E-state index >= 15 is 0 Å². The third kappa shape index (κ3) is 3.20. The van der Waals surface area contributed by atoms with Crippen LogP contribution in [0.1, 0.15) is 13.3 Å². The predicted octanol–water partition coefficient (Wildman–Crippen LogP) is 3.44. The van der Waals surface area contributed by atoms with Crippen LogP contribution in [0.25, 0.3) is 38.9 Å². The smallest absolute Gasteiger partial charge is 0.265 e. The summed E-state index contributed by atoms with van der Waals surface area (Å²) >= 11 is 0. The summed E-state index contributed by atoms with van der Waals surface area (Å²) < 4.78 is 19.9. The average Bonchev–Trinajstić information content (AvgIpc) is 3.43. The Kier molecular flexibility index (Phi) is 4.69. The molecule has 0 aliphatic carbocycles. The van der Waals surface area contributed by atoms with Crippen LogP contribution in [0.4, 0.5) is 0 Å². The van der Waals surface area contributed by atoms with Gasteiger partial charge in [-0.1, -0.05) is 12.1 Å². The molecule has 33 heavy (non-hydrogen) atoms. The van der Waals surface area contributed by atoms with Crippen molar-refractivity contribution in [3.63, 3.8) is 0 Å². The predicted molar refractivity (Wildman–Crippen MR) is 123 cm³/mol. The van der Waals surface area contributed by atoms with Crippen molar-refractivity contribution in [2.75, 3.05) is 20.0 Å². The zero-order valence-corrected chi connectivity index (χ0v) is 18.0. The monoisotopic (exact) mass is 443 g/mol. The zero-order valence-electron chi connectivity index (χ0n) is 18.0. The maximum Gasteiger partial charge on any atom is 0.265 e. The summed E-state index contributed by atoms with van der Waals surface area (Å²) in [5, 5.41) is 0.444. The highest BCUT2D eigenvalue weighted by Crippen LogP contribution is 2.36. The largest absolute Gasteiger partial charge is 0.454 e. The molecule has 0 bridgehead atoms. The van der Waals surface area contributed by atoms with Crippen LogP contribution in [-0.4, -0.2) is 44.1 Å². The standard InChI is InChI=1S/C24H21N5O4/c1-2-31-11-5-10-28-13-25-22-20(24(28)30)21-23(27-17-7-4-3-6-16(17)26-21)29(22)15-8-9-18-19(12-15)33-14-32-18/h3-4,6-9,12-13H,2,5,10-11,14H2,1H3. The third-order valence-electron chi connectivity index (χ3n) is 5.74. The SMILES string of the molecule is CCOCCCn1cnc2c(c1=O)c1nc3ccccc3nc1n2-c1ccc2c(c1)OCO2. The van der Waals surface area contributed by atoms with Crippen molar-refractivity contribution in [1.82, 2.24) is 24.1 Å². The lowest BCUT2D eigenvalue weighted by Crippen LogP contribution is -2.21. The quantitative estimate of drug-likeness (QED) is 0.371. The third-order valence-corrected chi connectivity index (χ3v) is 5.74. The second-order valence-electron chi connectivity index (χ2n) is 7.75. The van der Waals surface area contributed by atoms with Crippen molar-refractivity contribution in [1.29, 1.82) is 0 Å². The molecular weight excluding hydrogens is 422 g/mol. The summed E-state index contributed by atoms with van der Waals surface area (Å²) in [5.41, 5.74) is 3.69. The van der Waals surface area contributed by atoms with Gasteiger partial charge in [0.25, 0.3) is 5.56 Å². The van der Waals surface area contributed by atoms with Crippen LogP contribution >= 0.6 is 0 Å². The van der Waals surface area contributed by atoms with Gasteiger partial charge in [0.05, 0.1) is 23.0 Å². The highest BCUT2D eigenvalue weighted by atomic mass is 16.7. The second-order valence-corrected chi connectivity index (χ2v) is 7.75. The van der Waals surface area contributed by atoms with E-state index in [4.69, 9.17) is 24.2 Å². The molecule has 0 spiro atoms. The Morgan fingerprint density at radius 1 is 1.03 bits per heavy atom. The fraction of sp³-hybridized carbons (Fsp3) is 0.250. The zero-order chi connectivity index (χ0) is 22.4. The molecule has 0 unspecified atom stereocenters. The van der Waals surface area contributed by atoms with E-state index in [1.54, 1.807) is 10.9 Å². The molecule has 1 aliphatic heterocycles. The molecule has 9 nitrogen and oxygen atoms in total. The Balaban J connectivity index is 1.62. The summed E-state index contributed by atoms with van der Waals surface area (Å²) in [6, 6.07) is 13.2. The number of nitrogens with zero attached hydrogens (tertiary/aromatic N) is 5. The van der Waals surface area contributed by atoms with Crippen LogP contribution in [0, 0.1) is 0 Å². The minimum Gasteiger partial charge on any atom is -0.454 e. The Labute approximate surface area is 188 Å². The van der Waals surface area contributed by atoms with Crippen LogP contribution in [0.3, 0.4) is 0 Å². The first-order valence-corrected chi connectivity index (χ1v) is 10.9. The number of rotatable bonds is 6. The van der Waals surface area contributed by atoms with Crippen molar-refractivity contribution in [2.24, 2.45) is 0 Å². The molecule has 5 aromatic rings. The average molecular weight is 443 g/mol. The lowest BCUT2D eigenvalue weighted by molar-refractivity contribution is 0.141. The second kappa shape index (κ2) is 7.86. The van der Waals surface area contributed by atoms with Gasteiger partial charge in [-0.2, -0.15) is 0 Å². The summed E-state index contributed by atoms with van der Waals surface area (Å²) in [6.45, 7) is 3.89. The first kappa shape index (κ1) is 19.7. The van der Waals surface area contributed by atoms with Gasteiger partial charge in [-0.15, -0.1) is 0 Å². The highest BCUT2D eigenvalue weighted by Gasteiger charge is 2.22. The maximum absolute atomic E-state index is 13.5. The van der Waals surface area contributed by atoms with E-state index in [-0.39, 0.29) is 12.4 Å². The van der Waals surface area contributed by atoms with Crippen molar-refractivity contribution < 1.29 is 14.2 Å². The van der Waals surface area contributed by atoms with E-state index in [0.717, 1.165) is 23.1 Å². The Morgan fingerprint density at radius 2 is 1.85 bits per heavy atom. The van der Waals surface area contributed by atoms with E-state index in [1.165, 1.54) is 0 Å². The number of benzene rings is 2. The van der Waals surface area contributed by atoms with Crippen LogP contribution in [0.2, 0.25) is 0 Å². The van der Waals surface area contributed by atoms with Gasteiger partial charge in [0.15, 0.2) is 22.8 Å². The summed E-state index contributed by atoms with van der Waals surface area (Å²) in [5.74, 6) is 1.32. The van der Waals surface area contributed by atoms with Gasteiger partial charge in [0.2, 0.25) is 6.79 Å². The molecule has 166 valence electrons. The summed E-state index contributed by atoms with van der Waals surface area (Å²) in [6.07, 6.45) is 2.30. The normalized spacial score (nSPS) is 12.9. The molecule has 1 aliphatic rings. The fourth-order valence-corrected chi connectivity index (χ4v) is 4.18. The number of aryl methyl sites for hydroxylation is 1. The molecule has 3 aromatic heterocycles. The van der Waals surface area contributed by atoms with Crippen molar-refractivity contribution >= 4 is 33.2 Å². The van der Waals surface area contributed by atoms with E-state index in [1.807, 2.05) is 54.0 Å². The lowest BCUT2D eigenvalue weighted by Gasteiger charge is -2.08. The molecule has 0 fully saturated rings. The lowest BCUT2D eigenvalue weighted by atomic mass is 10.2. The van der Waals surface area contributed by atoms with E-state index in [0.29, 0.717) is 53.5 Å². The topological polar surface area (TPSA) is 93.3 Å².